The van der Waals surface area contributed by atoms with E-state index < -0.39 is 0 Å². The van der Waals surface area contributed by atoms with Gasteiger partial charge in [0.1, 0.15) is 0 Å². The Balaban J connectivity index is 1.23. The Kier molecular flexibility index (Phi) is 5.82. The van der Waals surface area contributed by atoms with Crippen molar-refractivity contribution >= 4 is 0 Å². The van der Waals surface area contributed by atoms with E-state index in [-0.39, 0.29) is 0 Å². The maximum Gasteiger partial charge on any atom is -0.000705 e. The van der Waals surface area contributed by atoms with Crippen molar-refractivity contribution < 1.29 is 0 Å². The van der Waals surface area contributed by atoms with Crippen LogP contribution in [0.2, 0.25) is 0 Å². The first-order chi connectivity index (χ1) is 25.8. The smallest absolute Gasteiger partial charge is 0.000705 e. The van der Waals surface area contributed by atoms with Crippen LogP contribution in [0.15, 0.2) is 158 Å². The molecule has 4 aliphatic carbocycles. The lowest BCUT2D eigenvalue weighted by Crippen LogP contribution is -2.02. The number of hydrogen-bond donors (Lipinski definition) is 0. The molecule has 0 atom stereocenters. The van der Waals surface area contributed by atoms with E-state index in [0.29, 0.717) is 0 Å². The molecule has 242 valence electrons. The molecule has 0 aromatic heterocycles. The fraction of sp³-hybridized carbons (Fsp3) is 0.0769. The van der Waals surface area contributed by atoms with Crippen molar-refractivity contribution in [2.24, 2.45) is 0 Å². The van der Waals surface area contributed by atoms with E-state index in [9.17, 15) is 0 Å². The Morgan fingerprint density at radius 1 is 0.212 bits per heavy atom. The van der Waals surface area contributed by atoms with Gasteiger partial charge in [-0.25, -0.2) is 0 Å². The molecule has 0 heteroatoms. The molecule has 52 heavy (non-hydrogen) atoms. The normalized spacial score (nSPS) is 13.5. The molecule has 8 aromatic rings. The van der Waals surface area contributed by atoms with E-state index in [4.69, 9.17) is 0 Å². The summed E-state index contributed by atoms with van der Waals surface area (Å²) in [6.45, 7) is 0. The zero-order chi connectivity index (χ0) is 33.9. The van der Waals surface area contributed by atoms with Crippen LogP contribution in [-0.4, -0.2) is 0 Å². The highest BCUT2D eigenvalue weighted by Crippen LogP contribution is 2.56. The average molecular weight is 659 g/mol. The molecule has 8 aromatic carbocycles. The van der Waals surface area contributed by atoms with E-state index in [2.05, 4.69) is 158 Å². The zero-order valence-corrected chi connectivity index (χ0v) is 28.8. The summed E-state index contributed by atoms with van der Waals surface area (Å²) in [6.07, 6.45) is 3.81. The summed E-state index contributed by atoms with van der Waals surface area (Å²) in [6, 6.07) is 60.0. The molecule has 4 aliphatic rings. The largest absolute Gasteiger partial charge is 0.0619 e. The lowest BCUT2D eigenvalue weighted by Gasteiger charge is -2.25. The summed E-state index contributed by atoms with van der Waals surface area (Å²) in [5, 5.41) is 0. The first kappa shape index (κ1) is 28.5. The van der Waals surface area contributed by atoms with Crippen molar-refractivity contribution in [3.05, 3.63) is 202 Å². The van der Waals surface area contributed by atoms with Gasteiger partial charge in [0.15, 0.2) is 0 Å². The predicted octanol–water partition coefficient (Wildman–Crippen LogP) is 13.0. The van der Waals surface area contributed by atoms with Gasteiger partial charge in [-0.3, -0.25) is 0 Å². The van der Waals surface area contributed by atoms with Crippen molar-refractivity contribution in [3.63, 3.8) is 0 Å². The molecule has 0 fully saturated rings. The maximum absolute atomic E-state index is 2.58. The fourth-order valence-electron chi connectivity index (χ4n) is 10.3. The zero-order valence-electron chi connectivity index (χ0n) is 28.8. The Morgan fingerprint density at radius 3 is 0.981 bits per heavy atom. The molecular formula is C52H34. The number of fused-ring (bicyclic) bond motifs is 12. The molecule has 0 aliphatic heterocycles. The van der Waals surface area contributed by atoms with E-state index in [1.54, 1.807) is 0 Å². The second-order valence-electron chi connectivity index (χ2n) is 15.0. The summed E-state index contributed by atoms with van der Waals surface area (Å²) < 4.78 is 0. The maximum atomic E-state index is 2.58. The quantitative estimate of drug-likeness (QED) is 0.177. The average Bonchev–Trinajstić information content (AvgIpc) is 3.97. The highest BCUT2D eigenvalue weighted by molar-refractivity contribution is 6.06. The molecule has 0 N–H and O–H groups in total. The van der Waals surface area contributed by atoms with Crippen LogP contribution in [0.25, 0.3) is 77.9 Å². The third-order valence-electron chi connectivity index (χ3n) is 12.5. The standard InChI is InChI=1S/C52H34/c1-5-16-35-31(12-1)26-45-39(35)20-9-23-42(45)50-30-48-38-19-8-4-15-34(38)29-49(48)51(43-24-10-21-40-36-17-6-2-13-32(36)27-46(40)43)52(50)44-25-11-22-41-37-18-7-3-14-33(37)28-47(41)44/h1-25,30H,26-29H2. The topological polar surface area (TPSA) is 0 Å². The number of hydrogen-bond acceptors (Lipinski definition) is 0. The molecule has 0 radical (unpaired) electrons. The predicted molar refractivity (Wildman–Crippen MR) is 216 cm³/mol. The lowest BCUT2D eigenvalue weighted by atomic mass is 9.78. The molecular weight excluding hydrogens is 625 g/mol. The molecule has 0 heterocycles. The first-order valence-corrected chi connectivity index (χ1v) is 18.7. The van der Waals surface area contributed by atoms with Gasteiger partial charge in [0.25, 0.3) is 0 Å². The van der Waals surface area contributed by atoms with Gasteiger partial charge in [0.05, 0.1) is 0 Å². The molecule has 0 spiro atoms. The van der Waals surface area contributed by atoms with Crippen molar-refractivity contribution in [1.82, 2.24) is 0 Å². The van der Waals surface area contributed by atoms with Crippen LogP contribution in [0, 0.1) is 0 Å². The van der Waals surface area contributed by atoms with Crippen LogP contribution < -0.4 is 0 Å². The van der Waals surface area contributed by atoms with Gasteiger partial charge in [-0.2, -0.15) is 0 Å². The monoisotopic (exact) mass is 658 g/mol. The molecule has 0 nitrogen and oxygen atoms in total. The van der Waals surface area contributed by atoms with Crippen molar-refractivity contribution in [2.75, 3.05) is 0 Å². The van der Waals surface area contributed by atoms with Crippen molar-refractivity contribution in [1.29, 1.82) is 0 Å². The van der Waals surface area contributed by atoms with Crippen molar-refractivity contribution in [2.45, 2.75) is 25.7 Å². The van der Waals surface area contributed by atoms with Crippen LogP contribution >= 0.6 is 0 Å². The van der Waals surface area contributed by atoms with Gasteiger partial charge in [-0.15, -0.1) is 0 Å². The van der Waals surface area contributed by atoms with Gasteiger partial charge >= 0.3 is 0 Å². The Bertz CT molecular complexity index is 2850. The molecule has 0 unspecified atom stereocenters. The fourth-order valence-corrected chi connectivity index (χ4v) is 10.3. The second-order valence-corrected chi connectivity index (χ2v) is 15.0. The minimum Gasteiger partial charge on any atom is -0.0619 e. The van der Waals surface area contributed by atoms with E-state index in [0.717, 1.165) is 25.7 Å². The highest BCUT2D eigenvalue weighted by Gasteiger charge is 2.34. The van der Waals surface area contributed by atoms with Crippen LogP contribution in [0.3, 0.4) is 0 Å². The van der Waals surface area contributed by atoms with Gasteiger partial charge in [-0.05, 0) is 154 Å². The van der Waals surface area contributed by atoms with Crippen LogP contribution in [0.4, 0.5) is 0 Å². The molecule has 0 amide bonds. The third kappa shape index (κ3) is 3.87. The number of benzene rings is 8. The van der Waals surface area contributed by atoms with Crippen LogP contribution in [0.5, 0.6) is 0 Å². The second kappa shape index (κ2) is 10.6. The first-order valence-electron chi connectivity index (χ1n) is 18.7. The Morgan fingerprint density at radius 2 is 0.519 bits per heavy atom. The van der Waals surface area contributed by atoms with E-state index in [1.165, 1.54) is 122 Å². The third-order valence-corrected chi connectivity index (χ3v) is 12.5. The van der Waals surface area contributed by atoms with Crippen LogP contribution in [-0.2, 0) is 25.7 Å². The van der Waals surface area contributed by atoms with E-state index in [1.807, 2.05) is 0 Å². The Labute approximate surface area is 304 Å². The van der Waals surface area contributed by atoms with Gasteiger partial charge in [0.2, 0.25) is 0 Å². The summed E-state index contributed by atoms with van der Waals surface area (Å²) in [5.74, 6) is 0. The van der Waals surface area contributed by atoms with Crippen molar-refractivity contribution in [3.8, 4) is 77.9 Å². The summed E-state index contributed by atoms with van der Waals surface area (Å²) in [4.78, 5) is 0. The van der Waals surface area contributed by atoms with Gasteiger partial charge in [0, 0.05) is 0 Å². The molecule has 0 saturated heterocycles. The lowest BCUT2D eigenvalue weighted by molar-refractivity contribution is 1.23. The summed E-state index contributed by atoms with van der Waals surface area (Å²) >= 11 is 0. The SMILES string of the molecule is c1ccc2c(c1)Cc1c-2cccc1-c1cc2c(c(-c3cccc4c3Cc3ccccc3-4)c1-c1cccc3c1Cc1ccccc1-3)Cc1ccccc1-2. The Hall–Kier alpha value is -6.24. The summed E-state index contributed by atoms with van der Waals surface area (Å²) in [7, 11) is 0. The van der Waals surface area contributed by atoms with E-state index >= 15 is 0 Å². The molecule has 0 saturated carbocycles. The number of rotatable bonds is 3. The minimum absolute atomic E-state index is 0.943. The highest BCUT2D eigenvalue weighted by atomic mass is 14.4. The van der Waals surface area contributed by atoms with Gasteiger partial charge in [-0.1, -0.05) is 152 Å². The molecule has 12 rings (SSSR count). The molecule has 0 bridgehead atoms. The van der Waals surface area contributed by atoms with Crippen LogP contribution in [0.1, 0.15) is 44.5 Å². The minimum atomic E-state index is 0.943. The van der Waals surface area contributed by atoms with Gasteiger partial charge < -0.3 is 0 Å². The summed E-state index contributed by atoms with van der Waals surface area (Å²) in [5.41, 5.74) is 30.9.